The van der Waals surface area contributed by atoms with Gasteiger partial charge in [-0.15, -0.1) is 0 Å². The number of alkyl carbamates (subject to hydrolysis) is 1. The molecule has 96 valence electrons. The first-order chi connectivity index (χ1) is 7.35. The minimum atomic E-state index is -0.462. The van der Waals surface area contributed by atoms with Crippen molar-refractivity contribution in [2.45, 2.75) is 45.8 Å². The predicted molar refractivity (Wildman–Crippen MR) is 63.4 cm³/mol. The van der Waals surface area contributed by atoms with Crippen LogP contribution in [0.5, 0.6) is 0 Å². The summed E-state index contributed by atoms with van der Waals surface area (Å²) in [5, 5.41) is 14.9. The molecule has 1 unspecified atom stereocenters. The van der Waals surface area contributed by atoms with Crippen LogP contribution in [0.4, 0.5) is 4.79 Å². The molecule has 0 fully saturated rings. The zero-order valence-electron chi connectivity index (χ0n) is 10.7. The first kappa shape index (κ1) is 15.2. The van der Waals surface area contributed by atoms with Gasteiger partial charge in [-0.25, -0.2) is 4.79 Å². The van der Waals surface area contributed by atoms with Crippen molar-refractivity contribution >= 4 is 6.09 Å². The SMILES string of the molecule is CCC(O)CNCCNC(=O)OC(C)(C)C. The fourth-order valence-corrected chi connectivity index (χ4v) is 0.980. The minimum Gasteiger partial charge on any atom is -0.444 e. The van der Waals surface area contributed by atoms with Crippen LogP contribution in [-0.4, -0.2) is 42.5 Å². The maximum Gasteiger partial charge on any atom is 0.407 e. The van der Waals surface area contributed by atoms with Crippen LogP contribution in [-0.2, 0) is 4.74 Å². The Balaban J connectivity index is 3.42. The monoisotopic (exact) mass is 232 g/mol. The van der Waals surface area contributed by atoms with Crippen LogP contribution in [0, 0.1) is 0 Å². The van der Waals surface area contributed by atoms with Gasteiger partial charge in [0.1, 0.15) is 5.60 Å². The van der Waals surface area contributed by atoms with Crippen LogP contribution in [0.25, 0.3) is 0 Å². The molecule has 0 aliphatic rings. The lowest BCUT2D eigenvalue weighted by Gasteiger charge is -2.19. The molecule has 0 bridgehead atoms. The van der Waals surface area contributed by atoms with Gasteiger partial charge >= 0.3 is 6.09 Å². The van der Waals surface area contributed by atoms with E-state index in [1.165, 1.54) is 0 Å². The Morgan fingerprint density at radius 1 is 1.38 bits per heavy atom. The summed E-state index contributed by atoms with van der Waals surface area (Å²) in [6, 6.07) is 0. The molecule has 0 radical (unpaired) electrons. The van der Waals surface area contributed by atoms with E-state index in [-0.39, 0.29) is 6.10 Å². The molecule has 0 aromatic rings. The molecule has 0 saturated heterocycles. The van der Waals surface area contributed by atoms with Crippen molar-refractivity contribution in [1.29, 1.82) is 0 Å². The van der Waals surface area contributed by atoms with Gasteiger partial charge < -0.3 is 20.5 Å². The van der Waals surface area contributed by atoms with Crippen molar-refractivity contribution in [2.75, 3.05) is 19.6 Å². The van der Waals surface area contributed by atoms with Crippen molar-refractivity contribution < 1.29 is 14.6 Å². The van der Waals surface area contributed by atoms with E-state index in [0.717, 1.165) is 6.42 Å². The standard InChI is InChI=1S/C11H24N2O3/c1-5-9(14)8-12-6-7-13-10(15)16-11(2,3)4/h9,12,14H,5-8H2,1-4H3,(H,13,15). The molecule has 0 aliphatic carbocycles. The third-order valence-corrected chi connectivity index (χ3v) is 1.82. The molecule has 0 rings (SSSR count). The molecule has 0 spiro atoms. The number of aliphatic hydroxyl groups is 1. The molecular formula is C11H24N2O3. The number of carbonyl (C=O) groups is 1. The van der Waals surface area contributed by atoms with Gasteiger partial charge in [0, 0.05) is 19.6 Å². The topological polar surface area (TPSA) is 70.6 Å². The van der Waals surface area contributed by atoms with Crippen molar-refractivity contribution in [3.05, 3.63) is 0 Å². The van der Waals surface area contributed by atoms with Crippen LogP contribution >= 0.6 is 0 Å². The molecule has 0 aromatic carbocycles. The van der Waals surface area contributed by atoms with E-state index in [1.54, 1.807) is 0 Å². The average molecular weight is 232 g/mol. The van der Waals surface area contributed by atoms with Crippen LogP contribution in [0.2, 0.25) is 0 Å². The molecule has 5 nitrogen and oxygen atoms in total. The van der Waals surface area contributed by atoms with E-state index in [4.69, 9.17) is 4.74 Å². The first-order valence-corrected chi connectivity index (χ1v) is 5.70. The number of aliphatic hydroxyl groups excluding tert-OH is 1. The van der Waals surface area contributed by atoms with Crippen LogP contribution < -0.4 is 10.6 Å². The molecule has 1 amide bonds. The van der Waals surface area contributed by atoms with Crippen LogP contribution in [0.1, 0.15) is 34.1 Å². The highest BCUT2D eigenvalue weighted by Gasteiger charge is 2.15. The largest absolute Gasteiger partial charge is 0.444 e. The molecule has 16 heavy (non-hydrogen) atoms. The number of rotatable bonds is 6. The van der Waals surface area contributed by atoms with Crippen LogP contribution in [0.15, 0.2) is 0 Å². The molecule has 0 heterocycles. The van der Waals surface area contributed by atoms with E-state index >= 15 is 0 Å². The second-order valence-corrected chi connectivity index (χ2v) is 4.69. The second-order valence-electron chi connectivity index (χ2n) is 4.69. The van der Waals surface area contributed by atoms with Gasteiger partial charge in [0.05, 0.1) is 6.10 Å². The molecule has 0 saturated carbocycles. The summed E-state index contributed by atoms with van der Waals surface area (Å²) in [6.45, 7) is 9.05. The minimum absolute atomic E-state index is 0.318. The summed E-state index contributed by atoms with van der Waals surface area (Å²) in [5.74, 6) is 0. The highest BCUT2D eigenvalue weighted by molar-refractivity contribution is 5.67. The van der Waals surface area contributed by atoms with Gasteiger partial charge in [0.2, 0.25) is 0 Å². The van der Waals surface area contributed by atoms with E-state index in [1.807, 2.05) is 27.7 Å². The third kappa shape index (κ3) is 9.73. The maximum atomic E-state index is 11.2. The smallest absolute Gasteiger partial charge is 0.407 e. The summed E-state index contributed by atoms with van der Waals surface area (Å²) in [7, 11) is 0. The van der Waals surface area contributed by atoms with E-state index in [2.05, 4.69) is 10.6 Å². The highest BCUT2D eigenvalue weighted by Crippen LogP contribution is 2.05. The Morgan fingerprint density at radius 2 is 2.00 bits per heavy atom. The van der Waals surface area contributed by atoms with Gasteiger partial charge in [-0.2, -0.15) is 0 Å². The van der Waals surface area contributed by atoms with Gasteiger partial charge in [-0.3, -0.25) is 0 Å². The molecule has 0 aromatic heterocycles. The summed E-state index contributed by atoms with van der Waals surface area (Å²) in [4.78, 5) is 11.2. The number of amides is 1. The lowest BCUT2D eigenvalue weighted by Crippen LogP contribution is -2.37. The lowest BCUT2D eigenvalue weighted by molar-refractivity contribution is 0.0528. The van der Waals surface area contributed by atoms with Crippen molar-refractivity contribution in [3.63, 3.8) is 0 Å². The Kier molecular flexibility index (Phi) is 7.08. The number of ether oxygens (including phenoxy) is 1. The molecule has 1 atom stereocenters. The highest BCUT2D eigenvalue weighted by atomic mass is 16.6. The van der Waals surface area contributed by atoms with Crippen LogP contribution in [0.3, 0.4) is 0 Å². The number of carbonyl (C=O) groups excluding carboxylic acids is 1. The van der Waals surface area contributed by atoms with Gasteiger partial charge in [0.15, 0.2) is 0 Å². The van der Waals surface area contributed by atoms with E-state index in [9.17, 15) is 9.90 Å². The Labute approximate surface area is 97.6 Å². The van der Waals surface area contributed by atoms with Gasteiger partial charge in [-0.1, -0.05) is 6.92 Å². The molecule has 5 heteroatoms. The number of hydrogen-bond acceptors (Lipinski definition) is 4. The average Bonchev–Trinajstić information content (AvgIpc) is 2.14. The van der Waals surface area contributed by atoms with E-state index in [0.29, 0.717) is 19.6 Å². The predicted octanol–water partition coefficient (Wildman–Crippen LogP) is 0.872. The fraction of sp³-hybridized carbons (Fsp3) is 0.909. The first-order valence-electron chi connectivity index (χ1n) is 5.70. The Morgan fingerprint density at radius 3 is 2.50 bits per heavy atom. The van der Waals surface area contributed by atoms with Crippen molar-refractivity contribution in [2.24, 2.45) is 0 Å². The van der Waals surface area contributed by atoms with Crippen molar-refractivity contribution in [1.82, 2.24) is 10.6 Å². The van der Waals surface area contributed by atoms with Gasteiger partial charge in [-0.05, 0) is 27.2 Å². The summed E-state index contributed by atoms with van der Waals surface area (Å²) in [5.41, 5.74) is -0.462. The molecule has 0 aliphatic heterocycles. The maximum absolute atomic E-state index is 11.2. The van der Waals surface area contributed by atoms with Gasteiger partial charge in [0.25, 0.3) is 0 Å². The number of hydrogen-bond donors (Lipinski definition) is 3. The third-order valence-electron chi connectivity index (χ3n) is 1.82. The zero-order valence-corrected chi connectivity index (χ0v) is 10.7. The molecule has 3 N–H and O–H groups in total. The van der Waals surface area contributed by atoms with E-state index < -0.39 is 11.7 Å². The fourth-order valence-electron chi connectivity index (χ4n) is 0.980. The Bertz CT molecular complexity index is 202. The van der Waals surface area contributed by atoms with Crippen molar-refractivity contribution in [3.8, 4) is 0 Å². The lowest BCUT2D eigenvalue weighted by atomic mass is 10.2. The summed E-state index contributed by atoms with van der Waals surface area (Å²) >= 11 is 0. The normalized spacial score (nSPS) is 13.3. The quantitative estimate of drug-likeness (QED) is 0.594. The molecular weight excluding hydrogens is 208 g/mol. The summed E-state index contributed by atoms with van der Waals surface area (Å²) in [6.07, 6.45) is -0.00109. The zero-order chi connectivity index (χ0) is 12.6. The number of nitrogens with one attached hydrogen (secondary N) is 2. The Hall–Kier alpha value is -0.810. The second kappa shape index (κ2) is 7.46. The summed E-state index contributed by atoms with van der Waals surface area (Å²) < 4.78 is 5.06.